The van der Waals surface area contributed by atoms with E-state index in [0.29, 0.717) is 18.7 Å². The molecule has 1 unspecified atom stereocenters. The van der Waals surface area contributed by atoms with Gasteiger partial charge in [0.1, 0.15) is 5.75 Å². The van der Waals surface area contributed by atoms with Crippen LogP contribution in [0, 0.1) is 0 Å². The van der Waals surface area contributed by atoms with Crippen molar-refractivity contribution in [3.8, 4) is 5.75 Å². The Morgan fingerprint density at radius 2 is 1.93 bits per heavy atom. The van der Waals surface area contributed by atoms with Gasteiger partial charge in [-0.05, 0) is 68.5 Å². The minimum atomic E-state index is -3.59. The molecule has 1 aliphatic rings. The second kappa shape index (κ2) is 10.1. The molecule has 7 heteroatoms. The van der Waals surface area contributed by atoms with E-state index in [0.717, 1.165) is 37.9 Å². The Morgan fingerprint density at radius 1 is 1.17 bits per heavy atom. The van der Waals surface area contributed by atoms with Crippen LogP contribution in [0.3, 0.4) is 0 Å². The van der Waals surface area contributed by atoms with Gasteiger partial charge in [-0.25, -0.2) is 8.42 Å². The molecule has 162 valence electrons. The van der Waals surface area contributed by atoms with E-state index < -0.39 is 10.0 Å². The van der Waals surface area contributed by atoms with E-state index in [2.05, 4.69) is 5.32 Å². The standard InChI is InChI=1S/C23H30N2O4S/c1-18-7-3-4-16-25(18)30(27,28)22-10-5-9-20(17-22)23(26)24-15-6-8-19-11-13-21(29-2)14-12-19/h5,9-14,17-18H,3-4,6-8,15-16H2,1-2H3,(H,24,26). The normalized spacial score (nSPS) is 17.5. The predicted molar refractivity (Wildman–Crippen MR) is 117 cm³/mol. The number of rotatable bonds is 8. The maximum absolute atomic E-state index is 13.0. The summed E-state index contributed by atoms with van der Waals surface area (Å²) in [7, 11) is -1.95. The van der Waals surface area contributed by atoms with E-state index in [-0.39, 0.29) is 16.8 Å². The van der Waals surface area contributed by atoms with E-state index in [1.165, 1.54) is 11.6 Å². The molecule has 0 aromatic heterocycles. The first-order valence-electron chi connectivity index (χ1n) is 10.4. The highest BCUT2D eigenvalue weighted by molar-refractivity contribution is 7.89. The Bertz CT molecular complexity index is 957. The summed E-state index contributed by atoms with van der Waals surface area (Å²) < 4.78 is 32.7. The number of benzene rings is 2. The van der Waals surface area contributed by atoms with Gasteiger partial charge in [0.25, 0.3) is 5.91 Å². The van der Waals surface area contributed by atoms with Crippen LogP contribution in [-0.2, 0) is 16.4 Å². The summed E-state index contributed by atoms with van der Waals surface area (Å²) in [6.07, 6.45) is 4.42. The number of hydrogen-bond acceptors (Lipinski definition) is 4. The van der Waals surface area contributed by atoms with Crippen molar-refractivity contribution in [1.82, 2.24) is 9.62 Å². The van der Waals surface area contributed by atoms with Crippen molar-refractivity contribution in [3.63, 3.8) is 0 Å². The van der Waals surface area contributed by atoms with Gasteiger partial charge in [0.2, 0.25) is 10.0 Å². The van der Waals surface area contributed by atoms with Gasteiger partial charge >= 0.3 is 0 Å². The summed E-state index contributed by atoms with van der Waals surface area (Å²) >= 11 is 0. The Hall–Kier alpha value is -2.38. The number of nitrogens with one attached hydrogen (secondary N) is 1. The van der Waals surface area contributed by atoms with Crippen molar-refractivity contribution in [2.75, 3.05) is 20.2 Å². The Morgan fingerprint density at radius 3 is 2.63 bits per heavy atom. The van der Waals surface area contributed by atoms with Gasteiger partial charge in [-0.15, -0.1) is 0 Å². The van der Waals surface area contributed by atoms with Gasteiger partial charge in [-0.3, -0.25) is 4.79 Å². The lowest BCUT2D eigenvalue weighted by Gasteiger charge is -2.32. The highest BCUT2D eigenvalue weighted by Crippen LogP contribution is 2.25. The molecule has 2 aromatic rings. The topological polar surface area (TPSA) is 75.7 Å². The number of amides is 1. The number of aryl methyl sites for hydroxylation is 1. The molecule has 1 amide bonds. The zero-order chi connectivity index (χ0) is 21.6. The lowest BCUT2D eigenvalue weighted by molar-refractivity contribution is 0.0953. The van der Waals surface area contributed by atoms with Crippen molar-refractivity contribution in [1.29, 1.82) is 0 Å². The fraction of sp³-hybridized carbons (Fsp3) is 0.435. The van der Waals surface area contributed by atoms with Crippen LogP contribution < -0.4 is 10.1 Å². The summed E-state index contributed by atoms with van der Waals surface area (Å²) in [4.78, 5) is 12.7. The Kier molecular flexibility index (Phi) is 7.50. The molecule has 6 nitrogen and oxygen atoms in total. The third kappa shape index (κ3) is 5.40. The first-order valence-corrected chi connectivity index (χ1v) is 11.9. The lowest BCUT2D eigenvalue weighted by Crippen LogP contribution is -2.42. The highest BCUT2D eigenvalue weighted by Gasteiger charge is 2.31. The summed E-state index contributed by atoms with van der Waals surface area (Å²) in [6, 6.07) is 14.2. The van der Waals surface area contributed by atoms with Gasteiger partial charge in [-0.2, -0.15) is 4.31 Å². The first kappa shape index (κ1) is 22.3. The van der Waals surface area contributed by atoms with Crippen molar-refractivity contribution in [2.24, 2.45) is 0 Å². The van der Waals surface area contributed by atoms with Crippen molar-refractivity contribution >= 4 is 15.9 Å². The average molecular weight is 431 g/mol. The second-order valence-electron chi connectivity index (χ2n) is 7.70. The predicted octanol–water partition coefficient (Wildman–Crippen LogP) is 3.62. The largest absolute Gasteiger partial charge is 0.497 e. The van der Waals surface area contributed by atoms with Crippen LogP contribution in [0.2, 0.25) is 0 Å². The number of carbonyl (C=O) groups is 1. The maximum atomic E-state index is 13.0. The van der Waals surface area contributed by atoms with Gasteiger partial charge < -0.3 is 10.1 Å². The molecule has 0 radical (unpaired) electrons. The minimum absolute atomic E-state index is 0.0146. The van der Waals surface area contributed by atoms with Crippen LogP contribution in [-0.4, -0.2) is 44.9 Å². The lowest BCUT2D eigenvalue weighted by atomic mass is 10.1. The van der Waals surface area contributed by atoms with Crippen molar-refractivity contribution in [3.05, 3.63) is 59.7 Å². The van der Waals surface area contributed by atoms with E-state index in [1.54, 1.807) is 29.6 Å². The molecule has 1 N–H and O–H groups in total. The van der Waals surface area contributed by atoms with Crippen LogP contribution in [0.1, 0.15) is 48.5 Å². The zero-order valence-electron chi connectivity index (χ0n) is 17.6. The minimum Gasteiger partial charge on any atom is -0.497 e. The molecule has 0 saturated carbocycles. The molecule has 1 saturated heterocycles. The van der Waals surface area contributed by atoms with Crippen molar-refractivity contribution < 1.29 is 17.9 Å². The summed E-state index contributed by atoms with van der Waals surface area (Å²) in [5, 5.41) is 2.89. The van der Waals surface area contributed by atoms with Crippen LogP contribution in [0.15, 0.2) is 53.4 Å². The fourth-order valence-electron chi connectivity index (χ4n) is 3.75. The number of carbonyl (C=O) groups excluding carboxylic acids is 1. The summed E-state index contributed by atoms with van der Waals surface area (Å²) in [6.45, 7) is 2.99. The molecule has 1 heterocycles. The smallest absolute Gasteiger partial charge is 0.251 e. The quantitative estimate of drug-likeness (QED) is 0.649. The van der Waals surface area contributed by atoms with Gasteiger partial charge in [0.15, 0.2) is 0 Å². The molecule has 0 spiro atoms. The zero-order valence-corrected chi connectivity index (χ0v) is 18.5. The Labute approximate surface area is 179 Å². The molecule has 30 heavy (non-hydrogen) atoms. The number of hydrogen-bond donors (Lipinski definition) is 1. The van der Waals surface area contributed by atoms with Crippen LogP contribution in [0.4, 0.5) is 0 Å². The number of methoxy groups -OCH3 is 1. The van der Waals surface area contributed by atoms with Crippen molar-refractivity contribution in [2.45, 2.75) is 50.0 Å². The SMILES string of the molecule is COc1ccc(CCCNC(=O)c2cccc(S(=O)(=O)N3CCCCC3C)c2)cc1. The summed E-state index contributed by atoms with van der Waals surface area (Å²) in [5.74, 6) is 0.564. The maximum Gasteiger partial charge on any atom is 0.251 e. The molecule has 2 aromatic carbocycles. The molecule has 1 aliphatic heterocycles. The molecular formula is C23H30N2O4S. The summed E-state index contributed by atoms with van der Waals surface area (Å²) in [5.41, 5.74) is 1.54. The fourth-order valence-corrected chi connectivity index (χ4v) is 5.50. The second-order valence-corrected chi connectivity index (χ2v) is 9.59. The number of piperidine rings is 1. The van der Waals surface area contributed by atoms with E-state index in [1.807, 2.05) is 31.2 Å². The molecular weight excluding hydrogens is 400 g/mol. The van der Waals surface area contributed by atoms with Gasteiger partial charge in [0.05, 0.1) is 12.0 Å². The molecule has 0 bridgehead atoms. The van der Waals surface area contributed by atoms with E-state index >= 15 is 0 Å². The average Bonchev–Trinajstić information content (AvgIpc) is 2.77. The van der Waals surface area contributed by atoms with Crippen LogP contribution in [0.5, 0.6) is 5.75 Å². The van der Waals surface area contributed by atoms with Gasteiger partial charge in [0, 0.05) is 24.7 Å². The number of nitrogens with zero attached hydrogens (tertiary/aromatic N) is 1. The van der Waals surface area contributed by atoms with Crippen LogP contribution in [0.25, 0.3) is 0 Å². The molecule has 1 fully saturated rings. The van der Waals surface area contributed by atoms with E-state index in [9.17, 15) is 13.2 Å². The molecule has 0 aliphatic carbocycles. The van der Waals surface area contributed by atoms with Crippen LogP contribution >= 0.6 is 0 Å². The monoisotopic (exact) mass is 430 g/mol. The number of ether oxygens (including phenoxy) is 1. The molecule has 3 rings (SSSR count). The Balaban J connectivity index is 1.57. The third-order valence-corrected chi connectivity index (χ3v) is 7.54. The number of sulfonamides is 1. The van der Waals surface area contributed by atoms with E-state index in [4.69, 9.17) is 4.74 Å². The third-order valence-electron chi connectivity index (χ3n) is 5.53. The highest BCUT2D eigenvalue weighted by atomic mass is 32.2. The first-order chi connectivity index (χ1) is 14.4. The molecule has 1 atom stereocenters. The van der Waals surface area contributed by atoms with Gasteiger partial charge in [-0.1, -0.05) is 24.6 Å².